The molecule has 118 valence electrons. The number of rotatable bonds is 4. The van der Waals surface area contributed by atoms with E-state index in [1.54, 1.807) is 0 Å². The molecule has 2 nitrogen and oxygen atoms in total. The van der Waals surface area contributed by atoms with Crippen molar-refractivity contribution in [2.24, 2.45) is 17.3 Å². The average molecular weight is 281 g/mol. The molecule has 1 N–H and O–H groups in total. The second-order valence-corrected chi connectivity index (χ2v) is 8.91. The molecule has 2 atom stereocenters. The van der Waals surface area contributed by atoms with Crippen molar-refractivity contribution in [1.29, 1.82) is 0 Å². The van der Waals surface area contributed by atoms with Crippen molar-refractivity contribution >= 4 is 5.78 Å². The fraction of sp³-hybridized carbons (Fsp3) is 0.944. The van der Waals surface area contributed by atoms with Crippen molar-refractivity contribution in [2.45, 2.75) is 85.6 Å². The lowest BCUT2D eigenvalue weighted by molar-refractivity contribution is -0.125. The van der Waals surface area contributed by atoms with Crippen molar-refractivity contribution in [2.75, 3.05) is 6.54 Å². The van der Waals surface area contributed by atoms with Crippen molar-refractivity contribution < 1.29 is 4.79 Å². The number of Topliss-reactive ketones (excluding diaryl/α,β-unsaturated/α-hetero) is 1. The Labute approximate surface area is 126 Å². The highest BCUT2D eigenvalue weighted by Crippen LogP contribution is 2.31. The molecule has 0 amide bonds. The van der Waals surface area contributed by atoms with E-state index in [0.29, 0.717) is 11.7 Å². The first kappa shape index (κ1) is 17.7. The summed E-state index contributed by atoms with van der Waals surface area (Å²) < 4.78 is 0. The van der Waals surface area contributed by atoms with E-state index >= 15 is 0 Å². The molecule has 20 heavy (non-hydrogen) atoms. The van der Waals surface area contributed by atoms with Crippen molar-refractivity contribution in [3.05, 3.63) is 0 Å². The summed E-state index contributed by atoms with van der Waals surface area (Å²) in [6.45, 7) is 14.3. The largest absolute Gasteiger partial charge is 0.312 e. The smallest absolute Gasteiger partial charge is 0.136 e. The molecule has 0 aromatic heterocycles. The number of carbonyl (C=O) groups is 1. The van der Waals surface area contributed by atoms with Crippen molar-refractivity contribution in [3.63, 3.8) is 0 Å². The van der Waals surface area contributed by atoms with Gasteiger partial charge in [0.2, 0.25) is 0 Å². The Morgan fingerprint density at radius 1 is 1.00 bits per heavy atom. The normalized spacial score (nSPS) is 25.3. The van der Waals surface area contributed by atoms with Crippen molar-refractivity contribution in [3.8, 4) is 0 Å². The summed E-state index contributed by atoms with van der Waals surface area (Å²) in [5.74, 6) is 1.58. The molecule has 0 heterocycles. The number of hydrogen-bond donors (Lipinski definition) is 1. The first-order chi connectivity index (χ1) is 9.07. The molecule has 2 heteroatoms. The molecule has 0 bridgehead atoms. The van der Waals surface area contributed by atoms with Crippen LogP contribution in [0.4, 0.5) is 0 Å². The molecule has 0 aromatic rings. The van der Waals surface area contributed by atoms with Gasteiger partial charge in [-0.2, -0.15) is 0 Å². The molecule has 1 saturated carbocycles. The van der Waals surface area contributed by atoms with E-state index < -0.39 is 0 Å². The maximum atomic E-state index is 12.4. The molecular formula is C18H35NO. The minimum atomic E-state index is 0.135. The lowest BCUT2D eigenvalue weighted by Crippen LogP contribution is -2.39. The van der Waals surface area contributed by atoms with Gasteiger partial charge in [-0.3, -0.25) is 4.79 Å². The lowest BCUT2D eigenvalue weighted by atomic mass is 9.83. The standard InChI is InChI=1S/C18H35NO/c1-17(2,3)12-16(20)15-9-7-8-14(10-11-15)13-19-18(4,5)6/h14-15,19H,7-13H2,1-6H3. The topological polar surface area (TPSA) is 29.1 Å². The van der Waals surface area contributed by atoms with Crippen LogP contribution in [0.1, 0.15) is 80.1 Å². The van der Waals surface area contributed by atoms with Crippen LogP contribution in [0.25, 0.3) is 0 Å². The van der Waals surface area contributed by atoms with Gasteiger partial charge in [-0.15, -0.1) is 0 Å². The maximum absolute atomic E-state index is 12.4. The Balaban J connectivity index is 2.41. The zero-order valence-corrected chi connectivity index (χ0v) is 14.5. The van der Waals surface area contributed by atoms with Crippen LogP contribution in [-0.4, -0.2) is 17.9 Å². The van der Waals surface area contributed by atoms with Crippen LogP contribution < -0.4 is 5.32 Å². The summed E-state index contributed by atoms with van der Waals surface area (Å²) >= 11 is 0. The minimum absolute atomic E-state index is 0.135. The molecule has 2 unspecified atom stereocenters. The van der Waals surface area contributed by atoms with E-state index in [1.807, 2.05) is 0 Å². The fourth-order valence-electron chi connectivity index (χ4n) is 3.02. The van der Waals surface area contributed by atoms with E-state index in [1.165, 1.54) is 19.3 Å². The number of carbonyl (C=O) groups excluding carboxylic acids is 1. The van der Waals surface area contributed by atoms with Crippen LogP contribution in [0, 0.1) is 17.3 Å². The van der Waals surface area contributed by atoms with Gasteiger partial charge in [0, 0.05) is 17.9 Å². The van der Waals surface area contributed by atoms with Gasteiger partial charge < -0.3 is 5.32 Å². The van der Waals surface area contributed by atoms with E-state index in [9.17, 15) is 4.79 Å². The molecule has 0 spiro atoms. The SMILES string of the molecule is CC(C)(C)CC(=O)C1CCCC(CNC(C)(C)C)CC1. The van der Waals surface area contributed by atoms with Crippen molar-refractivity contribution in [1.82, 2.24) is 5.32 Å². The summed E-state index contributed by atoms with van der Waals surface area (Å²) in [6.07, 6.45) is 6.66. The van der Waals surface area contributed by atoms with Crippen LogP contribution in [0.3, 0.4) is 0 Å². The molecule has 0 radical (unpaired) electrons. The van der Waals surface area contributed by atoms with Gasteiger partial charge in [-0.05, 0) is 64.3 Å². The van der Waals surface area contributed by atoms with E-state index in [-0.39, 0.29) is 11.0 Å². The summed E-state index contributed by atoms with van der Waals surface area (Å²) in [7, 11) is 0. The fourth-order valence-corrected chi connectivity index (χ4v) is 3.02. The average Bonchev–Trinajstić information content (AvgIpc) is 2.48. The molecule has 1 fully saturated rings. The highest BCUT2D eigenvalue weighted by molar-refractivity contribution is 5.81. The van der Waals surface area contributed by atoms with Crippen LogP contribution in [-0.2, 0) is 4.79 Å². The van der Waals surface area contributed by atoms with Crippen LogP contribution in [0.2, 0.25) is 0 Å². The Bertz CT molecular complexity index is 308. The monoisotopic (exact) mass is 281 g/mol. The first-order valence-corrected chi connectivity index (χ1v) is 8.34. The van der Waals surface area contributed by atoms with Gasteiger partial charge in [0.25, 0.3) is 0 Å². The predicted molar refractivity (Wildman–Crippen MR) is 86.9 cm³/mol. The van der Waals surface area contributed by atoms with Gasteiger partial charge >= 0.3 is 0 Å². The first-order valence-electron chi connectivity index (χ1n) is 8.34. The molecular weight excluding hydrogens is 246 g/mol. The zero-order chi connectivity index (χ0) is 15.4. The Hall–Kier alpha value is -0.370. The highest BCUT2D eigenvalue weighted by Gasteiger charge is 2.27. The third kappa shape index (κ3) is 7.42. The van der Waals surface area contributed by atoms with E-state index in [2.05, 4.69) is 46.9 Å². The summed E-state index contributed by atoms with van der Waals surface area (Å²) in [6, 6.07) is 0. The van der Waals surface area contributed by atoms with Gasteiger partial charge in [-0.25, -0.2) is 0 Å². The van der Waals surface area contributed by atoms with Gasteiger partial charge in [0.1, 0.15) is 5.78 Å². The number of nitrogens with one attached hydrogen (secondary N) is 1. The second-order valence-electron chi connectivity index (χ2n) is 8.91. The molecule has 0 aliphatic heterocycles. The van der Waals surface area contributed by atoms with Gasteiger partial charge in [-0.1, -0.05) is 27.2 Å². The van der Waals surface area contributed by atoms with Crippen LogP contribution in [0.5, 0.6) is 0 Å². The molecule has 0 aromatic carbocycles. The third-order valence-electron chi connectivity index (χ3n) is 4.17. The van der Waals surface area contributed by atoms with Crippen LogP contribution >= 0.6 is 0 Å². The maximum Gasteiger partial charge on any atom is 0.136 e. The zero-order valence-electron chi connectivity index (χ0n) is 14.5. The van der Waals surface area contributed by atoms with Gasteiger partial charge in [0.15, 0.2) is 0 Å². The van der Waals surface area contributed by atoms with Gasteiger partial charge in [0.05, 0.1) is 0 Å². The number of ketones is 1. The summed E-state index contributed by atoms with van der Waals surface area (Å²) in [5, 5.41) is 3.62. The summed E-state index contributed by atoms with van der Waals surface area (Å²) in [5.41, 5.74) is 0.338. The minimum Gasteiger partial charge on any atom is -0.312 e. The predicted octanol–water partition coefficient (Wildman–Crippen LogP) is 4.58. The van der Waals surface area contributed by atoms with E-state index in [4.69, 9.17) is 0 Å². The third-order valence-corrected chi connectivity index (χ3v) is 4.17. The number of hydrogen-bond acceptors (Lipinski definition) is 2. The second kappa shape index (κ2) is 7.06. The molecule has 1 aliphatic rings. The molecule has 1 rings (SSSR count). The Morgan fingerprint density at radius 3 is 2.20 bits per heavy atom. The summed E-state index contributed by atoms with van der Waals surface area (Å²) in [4.78, 5) is 12.4. The molecule has 0 saturated heterocycles. The quantitative estimate of drug-likeness (QED) is 0.764. The Morgan fingerprint density at radius 2 is 1.65 bits per heavy atom. The van der Waals surface area contributed by atoms with E-state index in [0.717, 1.165) is 31.7 Å². The molecule has 1 aliphatic carbocycles. The Kier molecular flexibility index (Phi) is 6.25. The van der Waals surface area contributed by atoms with Crippen LogP contribution in [0.15, 0.2) is 0 Å². The highest BCUT2D eigenvalue weighted by atomic mass is 16.1. The lowest BCUT2D eigenvalue weighted by Gasteiger charge is -2.24.